The molecule has 0 saturated carbocycles. The lowest BCUT2D eigenvalue weighted by Gasteiger charge is -1.96. The monoisotopic (exact) mass is 194 g/mol. The van der Waals surface area contributed by atoms with Gasteiger partial charge in [0, 0.05) is 11.5 Å². The first kappa shape index (κ1) is 8.13. The second-order valence-electron chi connectivity index (χ2n) is 2.39. The van der Waals surface area contributed by atoms with Crippen LogP contribution in [0.15, 0.2) is 22.7 Å². The Morgan fingerprint density at radius 3 is 2.85 bits per heavy atom. The summed E-state index contributed by atoms with van der Waals surface area (Å²) >= 11 is 0. The highest BCUT2D eigenvalue weighted by molar-refractivity contribution is 7.27. The van der Waals surface area contributed by atoms with E-state index in [9.17, 15) is 0 Å². The molecule has 2 aromatic rings. The normalized spacial score (nSPS) is 10.2. The fourth-order valence-electron chi connectivity index (χ4n) is 0.927. The highest BCUT2D eigenvalue weighted by Gasteiger charge is 2.09. The molecule has 0 aliphatic rings. The van der Waals surface area contributed by atoms with Crippen LogP contribution in [0.4, 0.5) is 6.01 Å². The number of nitrogen functional groups attached to an aromatic ring is 1. The number of anilines is 1. The molecular formula is C7H7N4OP. The summed E-state index contributed by atoms with van der Waals surface area (Å²) in [6.07, 6.45) is 1.66. The van der Waals surface area contributed by atoms with Crippen LogP contribution in [0.2, 0.25) is 0 Å². The molecule has 0 radical (unpaired) electrons. The quantitative estimate of drug-likeness (QED) is 0.656. The molecule has 0 spiro atoms. The Labute approximate surface area is 76.6 Å². The van der Waals surface area contributed by atoms with Crippen LogP contribution in [0.5, 0.6) is 0 Å². The largest absolute Gasteiger partial charge is 0.402 e. The maximum absolute atomic E-state index is 5.29. The molecule has 6 heteroatoms. The molecule has 5 nitrogen and oxygen atoms in total. The first-order valence-corrected chi connectivity index (χ1v) is 4.15. The molecule has 0 bridgehead atoms. The van der Waals surface area contributed by atoms with E-state index in [0.29, 0.717) is 11.6 Å². The SMILES string of the molecule is Nc1nnc(-c2ncccc2P)o1. The van der Waals surface area contributed by atoms with Crippen molar-refractivity contribution in [1.29, 1.82) is 0 Å². The van der Waals surface area contributed by atoms with Crippen molar-refractivity contribution < 1.29 is 4.42 Å². The number of nitrogens with zero attached hydrogens (tertiary/aromatic N) is 3. The predicted octanol–water partition coefficient (Wildman–Crippen LogP) is 0.214. The van der Waals surface area contributed by atoms with Gasteiger partial charge in [-0.25, -0.2) is 0 Å². The number of aromatic nitrogens is 3. The minimum atomic E-state index is 0.0463. The fraction of sp³-hybridized carbons (Fsp3) is 0. The van der Waals surface area contributed by atoms with Crippen molar-refractivity contribution in [1.82, 2.24) is 15.2 Å². The van der Waals surface area contributed by atoms with Gasteiger partial charge >= 0.3 is 6.01 Å². The lowest BCUT2D eigenvalue weighted by molar-refractivity contribution is 0.588. The van der Waals surface area contributed by atoms with Gasteiger partial charge < -0.3 is 10.2 Å². The highest BCUT2D eigenvalue weighted by Crippen LogP contribution is 2.14. The number of hydrogen-bond donors (Lipinski definition) is 1. The van der Waals surface area contributed by atoms with Crippen molar-refractivity contribution >= 4 is 20.6 Å². The van der Waals surface area contributed by atoms with Crippen LogP contribution < -0.4 is 11.0 Å². The number of nitrogens with two attached hydrogens (primary N) is 1. The molecule has 13 heavy (non-hydrogen) atoms. The molecule has 0 aliphatic carbocycles. The number of rotatable bonds is 1. The van der Waals surface area contributed by atoms with E-state index in [-0.39, 0.29) is 6.01 Å². The van der Waals surface area contributed by atoms with Crippen molar-refractivity contribution in [2.24, 2.45) is 0 Å². The lowest BCUT2D eigenvalue weighted by atomic mass is 10.3. The summed E-state index contributed by atoms with van der Waals surface area (Å²) in [4.78, 5) is 4.09. The van der Waals surface area contributed by atoms with E-state index in [4.69, 9.17) is 10.2 Å². The molecule has 2 heterocycles. The van der Waals surface area contributed by atoms with E-state index in [1.165, 1.54) is 0 Å². The Kier molecular flexibility index (Phi) is 1.94. The number of pyridine rings is 1. The average Bonchev–Trinajstić information content (AvgIpc) is 2.53. The van der Waals surface area contributed by atoms with Crippen LogP contribution in [0.3, 0.4) is 0 Å². The maximum atomic E-state index is 5.29. The third kappa shape index (κ3) is 1.51. The lowest BCUT2D eigenvalue weighted by Crippen LogP contribution is -1.98. The van der Waals surface area contributed by atoms with E-state index in [1.54, 1.807) is 6.20 Å². The maximum Gasteiger partial charge on any atom is 0.313 e. The van der Waals surface area contributed by atoms with Gasteiger partial charge in [0.15, 0.2) is 0 Å². The van der Waals surface area contributed by atoms with Crippen LogP contribution in [0.25, 0.3) is 11.6 Å². The third-order valence-electron chi connectivity index (χ3n) is 1.48. The summed E-state index contributed by atoms with van der Waals surface area (Å²) in [7, 11) is 2.54. The van der Waals surface area contributed by atoms with Crippen LogP contribution >= 0.6 is 9.24 Å². The van der Waals surface area contributed by atoms with Crippen LogP contribution in [0.1, 0.15) is 0 Å². The highest BCUT2D eigenvalue weighted by atomic mass is 31.0. The Bertz CT molecular complexity index is 428. The zero-order valence-corrected chi connectivity index (χ0v) is 7.79. The standard InChI is InChI=1S/C7H7N4OP/c8-7-11-10-6(12-7)5-4(13)2-1-3-9-5/h1-3H,13H2,(H2,8,11). The number of hydrogen-bond acceptors (Lipinski definition) is 5. The van der Waals surface area contributed by atoms with Crippen LogP contribution in [0, 0.1) is 0 Å². The van der Waals surface area contributed by atoms with Gasteiger partial charge in [-0.3, -0.25) is 4.98 Å². The van der Waals surface area contributed by atoms with Crippen molar-refractivity contribution in [3.63, 3.8) is 0 Å². The molecule has 0 saturated heterocycles. The Hall–Kier alpha value is -1.48. The molecule has 1 unspecified atom stereocenters. The van der Waals surface area contributed by atoms with Crippen molar-refractivity contribution in [2.75, 3.05) is 5.73 Å². The predicted molar refractivity (Wildman–Crippen MR) is 51.3 cm³/mol. The zero-order chi connectivity index (χ0) is 9.26. The molecule has 1 atom stereocenters. The van der Waals surface area contributed by atoms with Crippen LogP contribution in [-0.2, 0) is 0 Å². The minimum Gasteiger partial charge on any atom is -0.402 e. The van der Waals surface area contributed by atoms with Crippen LogP contribution in [-0.4, -0.2) is 15.2 Å². The summed E-state index contributed by atoms with van der Waals surface area (Å²) in [5, 5.41) is 8.17. The van der Waals surface area contributed by atoms with E-state index >= 15 is 0 Å². The zero-order valence-electron chi connectivity index (χ0n) is 6.64. The second-order valence-corrected chi connectivity index (χ2v) is 3.01. The molecular weight excluding hydrogens is 187 g/mol. The summed E-state index contributed by atoms with van der Waals surface area (Å²) in [5.74, 6) is 0.336. The molecule has 2 aromatic heterocycles. The fourth-order valence-corrected chi connectivity index (χ4v) is 1.24. The average molecular weight is 194 g/mol. The molecule has 66 valence electrons. The second kappa shape index (κ2) is 3.11. The summed E-state index contributed by atoms with van der Waals surface area (Å²) in [5.41, 5.74) is 5.93. The van der Waals surface area contributed by atoms with E-state index in [0.717, 1.165) is 5.30 Å². The first-order valence-electron chi connectivity index (χ1n) is 3.57. The molecule has 0 fully saturated rings. The van der Waals surface area contributed by atoms with Gasteiger partial charge in [-0.1, -0.05) is 11.2 Å². The van der Waals surface area contributed by atoms with E-state index in [2.05, 4.69) is 24.4 Å². The van der Waals surface area contributed by atoms with Gasteiger partial charge in [-0.15, -0.1) is 14.3 Å². The van der Waals surface area contributed by atoms with Crippen molar-refractivity contribution in [3.05, 3.63) is 18.3 Å². The van der Waals surface area contributed by atoms with E-state index in [1.807, 2.05) is 12.1 Å². The van der Waals surface area contributed by atoms with Gasteiger partial charge in [-0.05, 0) is 6.07 Å². The van der Waals surface area contributed by atoms with Crippen molar-refractivity contribution in [3.8, 4) is 11.6 Å². The minimum absolute atomic E-state index is 0.0463. The molecule has 0 aromatic carbocycles. The smallest absolute Gasteiger partial charge is 0.313 e. The summed E-state index contributed by atoms with van der Waals surface area (Å²) in [6, 6.07) is 3.75. The van der Waals surface area contributed by atoms with Gasteiger partial charge in [0.25, 0.3) is 5.89 Å². The molecule has 0 amide bonds. The van der Waals surface area contributed by atoms with Gasteiger partial charge in [0.2, 0.25) is 0 Å². The molecule has 2 rings (SSSR count). The summed E-state index contributed by atoms with van der Waals surface area (Å²) in [6.45, 7) is 0. The van der Waals surface area contributed by atoms with Crippen molar-refractivity contribution in [2.45, 2.75) is 0 Å². The topological polar surface area (TPSA) is 77.8 Å². The molecule has 2 N–H and O–H groups in total. The Morgan fingerprint density at radius 1 is 1.38 bits per heavy atom. The summed E-state index contributed by atoms with van der Waals surface area (Å²) < 4.78 is 5.03. The first-order chi connectivity index (χ1) is 6.27. The molecule has 0 aliphatic heterocycles. The van der Waals surface area contributed by atoms with Gasteiger partial charge in [-0.2, -0.15) is 0 Å². The van der Waals surface area contributed by atoms with E-state index < -0.39 is 0 Å². The third-order valence-corrected chi connectivity index (χ3v) is 1.95. The van der Waals surface area contributed by atoms with Gasteiger partial charge in [0.1, 0.15) is 5.69 Å². The Morgan fingerprint density at radius 2 is 2.23 bits per heavy atom. The van der Waals surface area contributed by atoms with Gasteiger partial charge in [0.05, 0.1) is 0 Å². The Balaban J connectivity index is 2.52.